The Morgan fingerprint density at radius 1 is 1.30 bits per heavy atom. The van der Waals surface area contributed by atoms with E-state index in [1.54, 1.807) is 18.3 Å². The highest BCUT2D eigenvalue weighted by molar-refractivity contribution is 5.92. The molecule has 0 spiro atoms. The SMILES string of the molecule is COc1cccc(C(=O)O)c1OCc1ncccc1C. The first-order valence-corrected chi connectivity index (χ1v) is 6.07. The first-order chi connectivity index (χ1) is 9.63. The van der Waals surface area contributed by atoms with Crippen molar-refractivity contribution in [3.63, 3.8) is 0 Å². The summed E-state index contributed by atoms with van der Waals surface area (Å²) in [6.07, 6.45) is 1.67. The Labute approximate surface area is 116 Å². The lowest BCUT2D eigenvalue weighted by atomic mass is 10.2. The number of carbonyl (C=O) groups is 1. The zero-order valence-corrected chi connectivity index (χ0v) is 11.3. The van der Waals surface area contributed by atoms with Gasteiger partial charge in [-0.3, -0.25) is 4.98 Å². The molecule has 1 N–H and O–H groups in total. The van der Waals surface area contributed by atoms with Crippen molar-refractivity contribution >= 4 is 5.97 Å². The molecule has 1 heterocycles. The topological polar surface area (TPSA) is 68.7 Å². The van der Waals surface area contributed by atoms with E-state index >= 15 is 0 Å². The molecular formula is C15H15NO4. The molecule has 0 aliphatic rings. The van der Waals surface area contributed by atoms with Gasteiger partial charge in [-0.1, -0.05) is 12.1 Å². The summed E-state index contributed by atoms with van der Waals surface area (Å²) in [5, 5.41) is 9.19. The van der Waals surface area contributed by atoms with E-state index in [1.165, 1.54) is 13.2 Å². The summed E-state index contributed by atoms with van der Waals surface area (Å²) in [4.78, 5) is 15.4. The molecule has 0 unspecified atom stereocenters. The van der Waals surface area contributed by atoms with Crippen molar-refractivity contribution in [2.45, 2.75) is 13.5 Å². The van der Waals surface area contributed by atoms with E-state index < -0.39 is 5.97 Å². The minimum absolute atomic E-state index is 0.0675. The van der Waals surface area contributed by atoms with Crippen molar-refractivity contribution < 1.29 is 19.4 Å². The van der Waals surface area contributed by atoms with Crippen LogP contribution in [0, 0.1) is 6.92 Å². The molecule has 0 amide bonds. The second-order valence-corrected chi connectivity index (χ2v) is 4.20. The van der Waals surface area contributed by atoms with E-state index in [1.807, 2.05) is 19.1 Å². The molecule has 0 fully saturated rings. The lowest BCUT2D eigenvalue weighted by Gasteiger charge is -2.13. The molecule has 0 bridgehead atoms. The zero-order chi connectivity index (χ0) is 14.5. The third-order valence-corrected chi connectivity index (χ3v) is 2.90. The van der Waals surface area contributed by atoms with Gasteiger partial charge in [-0.05, 0) is 30.7 Å². The summed E-state index contributed by atoms with van der Waals surface area (Å²) < 4.78 is 10.8. The molecule has 104 valence electrons. The van der Waals surface area contributed by atoms with Crippen molar-refractivity contribution in [1.82, 2.24) is 4.98 Å². The van der Waals surface area contributed by atoms with Gasteiger partial charge in [0.1, 0.15) is 12.2 Å². The van der Waals surface area contributed by atoms with Gasteiger partial charge in [-0.2, -0.15) is 0 Å². The molecule has 0 aliphatic carbocycles. The van der Waals surface area contributed by atoms with Gasteiger partial charge in [-0.15, -0.1) is 0 Å². The Morgan fingerprint density at radius 3 is 2.75 bits per heavy atom. The van der Waals surface area contributed by atoms with Crippen LogP contribution in [0.1, 0.15) is 21.6 Å². The largest absolute Gasteiger partial charge is 0.493 e. The maximum Gasteiger partial charge on any atom is 0.339 e. The highest BCUT2D eigenvalue weighted by Gasteiger charge is 2.16. The first-order valence-electron chi connectivity index (χ1n) is 6.07. The van der Waals surface area contributed by atoms with Crippen LogP contribution in [0.4, 0.5) is 0 Å². The number of aromatic carboxylic acids is 1. The minimum Gasteiger partial charge on any atom is -0.493 e. The maximum atomic E-state index is 11.2. The lowest BCUT2D eigenvalue weighted by Crippen LogP contribution is -2.06. The van der Waals surface area contributed by atoms with Crippen LogP contribution >= 0.6 is 0 Å². The number of aromatic nitrogens is 1. The summed E-state index contributed by atoms with van der Waals surface area (Å²) in [5.74, 6) is -0.456. The van der Waals surface area contributed by atoms with Gasteiger partial charge in [0.2, 0.25) is 0 Å². The summed E-state index contributed by atoms with van der Waals surface area (Å²) in [7, 11) is 1.47. The molecular weight excluding hydrogens is 258 g/mol. The van der Waals surface area contributed by atoms with Gasteiger partial charge in [0.05, 0.1) is 12.8 Å². The van der Waals surface area contributed by atoms with Gasteiger partial charge in [0.15, 0.2) is 11.5 Å². The fraction of sp³-hybridized carbons (Fsp3) is 0.200. The number of pyridine rings is 1. The van der Waals surface area contributed by atoms with Crippen molar-refractivity contribution in [2.75, 3.05) is 7.11 Å². The lowest BCUT2D eigenvalue weighted by molar-refractivity contribution is 0.0690. The van der Waals surface area contributed by atoms with E-state index in [2.05, 4.69) is 4.98 Å². The minimum atomic E-state index is -1.06. The van der Waals surface area contributed by atoms with Crippen LogP contribution in [0.25, 0.3) is 0 Å². The number of ether oxygens (including phenoxy) is 2. The van der Waals surface area contributed by atoms with Gasteiger partial charge in [0.25, 0.3) is 0 Å². The van der Waals surface area contributed by atoms with Gasteiger partial charge >= 0.3 is 5.97 Å². The highest BCUT2D eigenvalue weighted by atomic mass is 16.5. The number of nitrogens with zero attached hydrogens (tertiary/aromatic N) is 1. The molecule has 20 heavy (non-hydrogen) atoms. The monoisotopic (exact) mass is 273 g/mol. The van der Waals surface area contributed by atoms with Crippen molar-refractivity contribution in [1.29, 1.82) is 0 Å². The fourth-order valence-electron chi connectivity index (χ4n) is 1.80. The van der Waals surface area contributed by atoms with E-state index in [9.17, 15) is 9.90 Å². The van der Waals surface area contributed by atoms with E-state index in [4.69, 9.17) is 9.47 Å². The first kappa shape index (κ1) is 13.9. The molecule has 0 atom stereocenters. The van der Waals surface area contributed by atoms with Crippen LogP contribution in [0.2, 0.25) is 0 Å². The van der Waals surface area contributed by atoms with Crippen LogP contribution in [-0.4, -0.2) is 23.2 Å². The van der Waals surface area contributed by atoms with Crippen LogP contribution in [0.3, 0.4) is 0 Å². The summed E-state index contributed by atoms with van der Waals surface area (Å²) in [6.45, 7) is 2.11. The van der Waals surface area contributed by atoms with Crippen molar-refractivity contribution in [3.05, 3.63) is 53.3 Å². The number of hydrogen-bond acceptors (Lipinski definition) is 4. The molecule has 0 saturated heterocycles. The maximum absolute atomic E-state index is 11.2. The predicted molar refractivity (Wildman–Crippen MR) is 73.3 cm³/mol. The van der Waals surface area contributed by atoms with Gasteiger partial charge in [0, 0.05) is 6.20 Å². The zero-order valence-electron chi connectivity index (χ0n) is 11.3. The van der Waals surface area contributed by atoms with Crippen LogP contribution in [-0.2, 0) is 6.61 Å². The molecule has 5 nitrogen and oxygen atoms in total. The second-order valence-electron chi connectivity index (χ2n) is 4.20. The Hall–Kier alpha value is -2.56. The summed E-state index contributed by atoms with van der Waals surface area (Å²) in [6, 6.07) is 8.51. The van der Waals surface area contributed by atoms with Crippen LogP contribution in [0.15, 0.2) is 36.5 Å². The Kier molecular flexibility index (Phi) is 4.20. The number of aryl methyl sites for hydroxylation is 1. The number of methoxy groups -OCH3 is 1. The molecule has 5 heteroatoms. The van der Waals surface area contributed by atoms with E-state index in [0.717, 1.165) is 11.3 Å². The molecule has 2 aromatic rings. The number of para-hydroxylation sites is 1. The second kappa shape index (κ2) is 6.06. The highest BCUT2D eigenvalue weighted by Crippen LogP contribution is 2.31. The van der Waals surface area contributed by atoms with E-state index in [-0.39, 0.29) is 17.9 Å². The normalized spacial score (nSPS) is 10.1. The average Bonchev–Trinajstić information content (AvgIpc) is 2.46. The molecule has 2 rings (SSSR count). The number of benzene rings is 1. The standard InChI is InChI=1S/C15H15NO4/c1-10-5-4-8-16-12(10)9-20-14-11(15(17)18)6-3-7-13(14)19-2/h3-8H,9H2,1-2H3,(H,17,18). The smallest absolute Gasteiger partial charge is 0.339 e. The predicted octanol–water partition coefficient (Wildman–Crippen LogP) is 2.68. The third kappa shape index (κ3) is 2.88. The number of rotatable bonds is 5. The Balaban J connectivity index is 2.29. The van der Waals surface area contributed by atoms with Gasteiger partial charge < -0.3 is 14.6 Å². The Morgan fingerprint density at radius 2 is 2.10 bits per heavy atom. The third-order valence-electron chi connectivity index (χ3n) is 2.90. The molecule has 0 radical (unpaired) electrons. The molecule has 0 saturated carbocycles. The van der Waals surface area contributed by atoms with Gasteiger partial charge in [-0.25, -0.2) is 4.79 Å². The molecule has 0 aliphatic heterocycles. The average molecular weight is 273 g/mol. The van der Waals surface area contributed by atoms with Crippen LogP contribution < -0.4 is 9.47 Å². The molecule has 1 aromatic heterocycles. The Bertz CT molecular complexity index is 625. The fourth-order valence-corrected chi connectivity index (χ4v) is 1.80. The quantitative estimate of drug-likeness (QED) is 0.907. The van der Waals surface area contributed by atoms with Crippen molar-refractivity contribution in [3.8, 4) is 11.5 Å². The summed E-state index contributed by atoms with van der Waals surface area (Å²) >= 11 is 0. The molecule has 1 aromatic carbocycles. The number of hydrogen-bond donors (Lipinski definition) is 1. The van der Waals surface area contributed by atoms with E-state index in [0.29, 0.717) is 5.75 Å². The van der Waals surface area contributed by atoms with Crippen molar-refractivity contribution in [2.24, 2.45) is 0 Å². The number of carboxylic acids is 1. The van der Waals surface area contributed by atoms with Crippen LogP contribution in [0.5, 0.6) is 11.5 Å². The summed E-state index contributed by atoms with van der Waals surface area (Å²) in [5.41, 5.74) is 1.81. The number of carboxylic acid groups (broad SMARTS) is 1.